The van der Waals surface area contributed by atoms with E-state index in [2.05, 4.69) is 59.9 Å². The molecule has 2 aromatic carbocycles. The minimum atomic E-state index is -0.365. The maximum Gasteiger partial charge on any atom is 0.269 e. The smallest absolute Gasteiger partial charge is 0.269 e. The van der Waals surface area contributed by atoms with E-state index >= 15 is 0 Å². The molecule has 2 saturated heterocycles. The van der Waals surface area contributed by atoms with E-state index in [1.54, 1.807) is 12.1 Å². The predicted octanol–water partition coefficient (Wildman–Crippen LogP) is 3.14. The van der Waals surface area contributed by atoms with Crippen LogP contribution in [0.1, 0.15) is 12.8 Å². The number of rotatable bonds is 5. The lowest BCUT2D eigenvalue weighted by Gasteiger charge is -2.21. The van der Waals surface area contributed by atoms with Crippen molar-refractivity contribution in [2.24, 2.45) is 0 Å². The second-order valence-corrected chi connectivity index (χ2v) is 9.07. The fourth-order valence-electron chi connectivity index (χ4n) is 4.27. The van der Waals surface area contributed by atoms with Crippen molar-refractivity contribution in [1.82, 2.24) is 9.80 Å². The summed E-state index contributed by atoms with van der Waals surface area (Å²) in [5.41, 5.74) is 9.01. The van der Waals surface area contributed by atoms with Gasteiger partial charge in [0.2, 0.25) is 0 Å². The highest BCUT2D eigenvalue weighted by Crippen LogP contribution is 2.25. The zero-order valence-electron chi connectivity index (χ0n) is 19.6. The monoisotopic (exact) mass is 440 g/mol. The van der Waals surface area contributed by atoms with Crippen molar-refractivity contribution in [2.75, 3.05) is 69.9 Å². The van der Waals surface area contributed by atoms with Crippen LogP contribution in [0.5, 0.6) is 0 Å². The van der Waals surface area contributed by atoms with Crippen molar-refractivity contribution in [3.05, 3.63) is 58.6 Å². The summed E-state index contributed by atoms with van der Waals surface area (Å²) >= 11 is 0. The normalized spacial score (nSPS) is 20.6. The molecule has 2 aliphatic rings. The largest absolute Gasteiger partial charge is 0.399 e. The van der Waals surface area contributed by atoms with E-state index in [1.165, 1.54) is 12.1 Å². The lowest BCUT2D eigenvalue weighted by atomic mass is 10.2. The average Bonchev–Trinajstić information content (AvgIpc) is 3.45. The van der Waals surface area contributed by atoms with E-state index in [4.69, 9.17) is 5.73 Å². The minimum absolute atomic E-state index is 0.150. The Labute approximate surface area is 191 Å². The van der Waals surface area contributed by atoms with Gasteiger partial charge in [0.1, 0.15) is 0 Å². The fraction of sp³-hybridized carbons (Fsp3) is 0.500. The first-order valence-electron chi connectivity index (χ1n) is 11.2. The first-order valence-corrected chi connectivity index (χ1v) is 11.2. The third kappa shape index (κ3) is 6.11. The number of nitro benzene ring substituents is 1. The summed E-state index contributed by atoms with van der Waals surface area (Å²) in [6, 6.07) is 16.2. The third-order valence-corrected chi connectivity index (χ3v) is 6.47. The van der Waals surface area contributed by atoms with Crippen LogP contribution in [0.2, 0.25) is 0 Å². The van der Waals surface area contributed by atoms with Crippen molar-refractivity contribution in [3.63, 3.8) is 0 Å². The number of benzene rings is 2. The summed E-state index contributed by atoms with van der Waals surface area (Å²) in [7, 11) is 8.47. The Morgan fingerprint density at radius 2 is 1.22 bits per heavy atom. The van der Waals surface area contributed by atoms with Gasteiger partial charge in [-0.3, -0.25) is 10.1 Å². The second-order valence-electron chi connectivity index (χ2n) is 9.07. The van der Waals surface area contributed by atoms with Gasteiger partial charge in [-0.1, -0.05) is 0 Å². The maximum atomic E-state index is 10.6. The molecule has 8 nitrogen and oxygen atoms in total. The highest BCUT2D eigenvalue weighted by atomic mass is 16.6. The number of anilines is 3. The van der Waals surface area contributed by atoms with Gasteiger partial charge in [0.05, 0.1) is 4.92 Å². The molecule has 0 spiro atoms. The van der Waals surface area contributed by atoms with Crippen molar-refractivity contribution < 1.29 is 4.92 Å². The van der Waals surface area contributed by atoms with Gasteiger partial charge in [-0.2, -0.15) is 0 Å². The van der Waals surface area contributed by atoms with Gasteiger partial charge in [-0.25, -0.2) is 0 Å². The van der Waals surface area contributed by atoms with Crippen LogP contribution in [0.25, 0.3) is 0 Å². The summed E-state index contributed by atoms with van der Waals surface area (Å²) in [6.45, 7) is 4.27. The van der Waals surface area contributed by atoms with Gasteiger partial charge in [-0.15, -0.1) is 0 Å². The molecule has 0 saturated carbocycles. The molecule has 0 bridgehead atoms. The highest BCUT2D eigenvalue weighted by Gasteiger charge is 2.25. The van der Waals surface area contributed by atoms with Crippen molar-refractivity contribution in [1.29, 1.82) is 0 Å². The van der Waals surface area contributed by atoms with E-state index in [9.17, 15) is 10.1 Å². The van der Waals surface area contributed by atoms with Crippen LogP contribution in [0.15, 0.2) is 48.5 Å². The molecule has 2 heterocycles. The van der Waals surface area contributed by atoms with Crippen LogP contribution < -0.4 is 15.5 Å². The highest BCUT2D eigenvalue weighted by molar-refractivity contribution is 5.54. The van der Waals surface area contributed by atoms with Crippen molar-refractivity contribution >= 4 is 22.7 Å². The molecule has 0 aliphatic carbocycles. The maximum absolute atomic E-state index is 10.6. The van der Waals surface area contributed by atoms with Crippen LogP contribution in [0.4, 0.5) is 22.7 Å². The number of nitrogens with zero attached hydrogens (tertiary/aromatic N) is 5. The molecule has 0 aromatic heterocycles. The first-order chi connectivity index (χ1) is 15.2. The summed E-state index contributed by atoms with van der Waals surface area (Å²) in [5.74, 6) is 0. The van der Waals surface area contributed by atoms with Gasteiger partial charge < -0.3 is 25.3 Å². The van der Waals surface area contributed by atoms with E-state index in [0.29, 0.717) is 12.1 Å². The Kier molecular flexibility index (Phi) is 7.93. The average molecular weight is 441 g/mol. The molecule has 2 fully saturated rings. The van der Waals surface area contributed by atoms with E-state index in [-0.39, 0.29) is 10.6 Å². The fourth-order valence-corrected chi connectivity index (χ4v) is 4.27. The summed E-state index contributed by atoms with van der Waals surface area (Å²) < 4.78 is 0. The summed E-state index contributed by atoms with van der Waals surface area (Å²) in [4.78, 5) is 19.4. The first kappa shape index (κ1) is 23.8. The molecule has 0 amide bonds. The molecule has 32 heavy (non-hydrogen) atoms. The van der Waals surface area contributed by atoms with Crippen molar-refractivity contribution in [3.8, 4) is 0 Å². The standard InChI is InChI=1S/C12H17N3O2.C12H19N3/c1-13(2)12-7-8-14(9-12)10-3-5-11(6-4-10)15(16)17;1-14(2)12-7-8-15(9-12)11-5-3-10(13)4-6-11/h3-6,12H,7-9H2,1-2H3;3-6,12H,7-9,13H2,1-2H3. The zero-order valence-corrected chi connectivity index (χ0v) is 19.6. The van der Waals surface area contributed by atoms with E-state index < -0.39 is 0 Å². The number of hydrogen-bond donors (Lipinski definition) is 1. The number of non-ortho nitro benzene ring substituents is 1. The van der Waals surface area contributed by atoms with Gasteiger partial charge in [-0.05, 0) is 77.4 Å². The molecular weight excluding hydrogens is 404 g/mol. The van der Waals surface area contributed by atoms with Crippen molar-refractivity contribution in [2.45, 2.75) is 24.9 Å². The number of likely N-dealkylation sites (N-methyl/N-ethyl adjacent to an activating group) is 2. The molecule has 2 N–H and O–H groups in total. The Bertz CT molecular complexity index is 869. The van der Waals surface area contributed by atoms with Gasteiger partial charge in [0.15, 0.2) is 0 Å². The number of hydrogen-bond acceptors (Lipinski definition) is 7. The van der Waals surface area contributed by atoms with Gasteiger partial charge in [0.25, 0.3) is 5.69 Å². The predicted molar refractivity (Wildman–Crippen MR) is 133 cm³/mol. The topological polar surface area (TPSA) is 82.1 Å². The van der Waals surface area contributed by atoms with Gasteiger partial charge >= 0.3 is 0 Å². The minimum Gasteiger partial charge on any atom is -0.399 e. The molecule has 8 heteroatoms. The Balaban J connectivity index is 0.000000182. The van der Waals surface area contributed by atoms with E-state index in [0.717, 1.165) is 44.0 Å². The van der Waals surface area contributed by atoms with E-state index in [1.807, 2.05) is 24.3 Å². The summed E-state index contributed by atoms with van der Waals surface area (Å²) in [5, 5.41) is 10.6. The summed E-state index contributed by atoms with van der Waals surface area (Å²) in [6.07, 6.45) is 2.39. The second kappa shape index (κ2) is 10.7. The van der Waals surface area contributed by atoms with Crippen LogP contribution in [0, 0.1) is 10.1 Å². The molecular formula is C24H36N6O2. The lowest BCUT2D eigenvalue weighted by molar-refractivity contribution is -0.384. The Hall–Kier alpha value is -2.84. The number of nitrogen functional groups attached to an aromatic ring is 1. The molecule has 2 aromatic rings. The lowest BCUT2D eigenvalue weighted by Crippen LogP contribution is -2.31. The Morgan fingerprint density at radius 3 is 1.56 bits per heavy atom. The number of nitrogens with two attached hydrogens (primary N) is 1. The third-order valence-electron chi connectivity index (χ3n) is 6.47. The molecule has 2 aliphatic heterocycles. The SMILES string of the molecule is CN(C)C1CCN(c2ccc(N)cc2)C1.CN(C)C1CCN(c2ccc([N+](=O)[O-])cc2)C1. The molecule has 4 rings (SSSR count). The van der Waals surface area contributed by atoms with Crippen LogP contribution in [-0.2, 0) is 0 Å². The molecule has 2 unspecified atom stereocenters. The van der Waals surface area contributed by atoms with Crippen LogP contribution >= 0.6 is 0 Å². The molecule has 2 atom stereocenters. The molecule has 0 radical (unpaired) electrons. The quantitative estimate of drug-likeness (QED) is 0.434. The van der Waals surface area contributed by atoms with Crippen LogP contribution in [-0.4, -0.2) is 81.2 Å². The Morgan fingerprint density at radius 1 is 0.812 bits per heavy atom. The van der Waals surface area contributed by atoms with Crippen LogP contribution in [0.3, 0.4) is 0 Å². The molecule has 174 valence electrons. The van der Waals surface area contributed by atoms with Gasteiger partial charge in [0, 0.05) is 67.5 Å². The zero-order chi connectivity index (χ0) is 23.3. The number of nitro groups is 1.